The molecule has 2 amide bonds. The van der Waals surface area contributed by atoms with Crippen LogP contribution in [-0.4, -0.2) is 52.8 Å². The molecule has 4 rings (SSSR count). The highest BCUT2D eigenvalue weighted by atomic mass is 32.1. The number of hydrogen-bond acceptors (Lipinski definition) is 5. The molecule has 1 N–H and O–H groups in total. The van der Waals surface area contributed by atoms with Crippen LogP contribution < -0.4 is 5.32 Å². The number of amides is 2. The van der Waals surface area contributed by atoms with Gasteiger partial charge in [-0.3, -0.25) is 14.5 Å². The van der Waals surface area contributed by atoms with E-state index in [-0.39, 0.29) is 17.7 Å². The fraction of sp³-hybridized carbons (Fsp3) is 0.750. The van der Waals surface area contributed by atoms with Crippen molar-refractivity contribution in [2.24, 2.45) is 11.8 Å². The maximum Gasteiger partial charge on any atom is 0.229 e. The number of carbonyl (C=O) groups is 2. The molecule has 27 heavy (non-hydrogen) atoms. The fourth-order valence-corrected chi connectivity index (χ4v) is 4.82. The summed E-state index contributed by atoms with van der Waals surface area (Å²) < 4.78 is 0. The van der Waals surface area contributed by atoms with Crippen molar-refractivity contribution < 1.29 is 9.59 Å². The van der Waals surface area contributed by atoms with E-state index in [1.54, 1.807) is 0 Å². The highest BCUT2D eigenvalue weighted by Crippen LogP contribution is 2.32. The molecule has 0 unspecified atom stereocenters. The second-order valence-corrected chi connectivity index (χ2v) is 9.06. The van der Waals surface area contributed by atoms with Gasteiger partial charge in [0.25, 0.3) is 0 Å². The number of hydrogen-bond donors (Lipinski definition) is 1. The summed E-state index contributed by atoms with van der Waals surface area (Å²) in [7, 11) is 0. The summed E-state index contributed by atoms with van der Waals surface area (Å²) in [6.07, 6.45) is 8.82. The van der Waals surface area contributed by atoms with Gasteiger partial charge in [-0.15, -0.1) is 11.3 Å². The minimum Gasteiger partial charge on any atom is -0.342 e. The van der Waals surface area contributed by atoms with Crippen molar-refractivity contribution in [2.45, 2.75) is 57.9 Å². The quantitative estimate of drug-likeness (QED) is 0.839. The molecule has 148 valence electrons. The van der Waals surface area contributed by atoms with Gasteiger partial charge in [-0.2, -0.15) is 0 Å². The molecule has 7 heteroatoms. The summed E-state index contributed by atoms with van der Waals surface area (Å²) >= 11 is 1.52. The van der Waals surface area contributed by atoms with E-state index in [2.05, 4.69) is 20.6 Å². The SMILES string of the molecule is O=C(Nc1nc(CN2CCCCCC2)cs1)C1CCN(C(=O)C2CC2)CC1. The standard InChI is InChI=1S/C20H30N4O2S/c25-18(15-7-11-24(12-8-15)19(26)16-5-6-16)22-20-21-17(14-27-20)13-23-9-3-1-2-4-10-23/h14-16H,1-13H2,(H,21,22,25). The largest absolute Gasteiger partial charge is 0.342 e. The van der Waals surface area contributed by atoms with Crippen LogP contribution in [0.1, 0.15) is 57.1 Å². The van der Waals surface area contributed by atoms with E-state index in [1.165, 1.54) is 37.0 Å². The molecular weight excluding hydrogens is 360 g/mol. The molecule has 3 fully saturated rings. The van der Waals surface area contributed by atoms with Gasteiger partial charge >= 0.3 is 0 Å². The van der Waals surface area contributed by atoms with Crippen LogP contribution in [0, 0.1) is 11.8 Å². The van der Waals surface area contributed by atoms with Crippen molar-refractivity contribution in [1.29, 1.82) is 0 Å². The van der Waals surface area contributed by atoms with Gasteiger partial charge in [0.2, 0.25) is 11.8 Å². The van der Waals surface area contributed by atoms with Crippen LogP contribution in [0.4, 0.5) is 5.13 Å². The molecule has 3 aliphatic rings. The van der Waals surface area contributed by atoms with E-state index >= 15 is 0 Å². The molecule has 0 atom stereocenters. The molecule has 0 spiro atoms. The normalized spacial score (nSPS) is 22.4. The van der Waals surface area contributed by atoms with Gasteiger partial charge in [0.15, 0.2) is 5.13 Å². The number of nitrogens with one attached hydrogen (secondary N) is 1. The zero-order valence-electron chi connectivity index (χ0n) is 16.0. The highest BCUT2D eigenvalue weighted by Gasteiger charge is 2.36. The molecule has 1 saturated carbocycles. The minimum absolute atomic E-state index is 0.00814. The molecule has 3 heterocycles. The van der Waals surface area contributed by atoms with E-state index in [1.807, 2.05) is 4.90 Å². The maximum absolute atomic E-state index is 12.6. The smallest absolute Gasteiger partial charge is 0.229 e. The summed E-state index contributed by atoms with van der Waals surface area (Å²) in [4.78, 5) is 33.8. The fourth-order valence-electron chi connectivity index (χ4n) is 4.12. The van der Waals surface area contributed by atoms with Crippen molar-refractivity contribution in [3.8, 4) is 0 Å². The predicted molar refractivity (Wildman–Crippen MR) is 107 cm³/mol. The zero-order chi connectivity index (χ0) is 18.6. The van der Waals surface area contributed by atoms with Crippen LogP contribution in [0.5, 0.6) is 0 Å². The summed E-state index contributed by atoms with van der Waals surface area (Å²) in [5, 5.41) is 5.78. The number of anilines is 1. The average molecular weight is 391 g/mol. The molecule has 1 aromatic heterocycles. The monoisotopic (exact) mass is 390 g/mol. The van der Waals surface area contributed by atoms with Gasteiger partial charge in [-0.25, -0.2) is 4.98 Å². The van der Waals surface area contributed by atoms with E-state index < -0.39 is 0 Å². The summed E-state index contributed by atoms with van der Waals surface area (Å²) in [5.74, 6) is 0.621. The predicted octanol–water partition coefficient (Wildman–Crippen LogP) is 3.11. The van der Waals surface area contributed by atoms with Gasteiger partial charge < -0.3 is 10.2 Å². The first-order valence-electron chi connectivity index (χ1n) is 10.5. The summed E-state index contributed by atoms with van der Waals surface area (Å²) in [6, 6.07) is 0. The van der Waals surface area contributed by atoms with Gasteiger partial charge in [0, 0.05) is 36.9 Å². The van der Waals surface area contributed by atoms with Crippen molar-refractivity contribution in [2.75, 3.05) is 31.5 Å². The van der Waals surface area contributed by atoms with Crippen molar-refractivity contribution in [1.82, 2.24) is 14.8 Å². The average Bonchev–Trinajstić information content (AvgIpc) is 3.48. The summed E-state index contributed by atoms with van der Waals surface area (Å²) in [6.45, 7) is 4.61. The van der Waals surface area contributed by atoms with Gasteiger partial charge in [0.1, 0.15) is 0 Å². The molecule has 0 radical (unpaired) electrons. The second kappa shape index (κ2) is 8.69. The van der Waals surface area contributed by atoms with Crippen LogP contribution in [0.3, 0.4) is 0 Å². The molecule has 1 aromatic rings. The van der Waals surface area contributed by atoms with Gasteiger partial charge in [-0.1, -0.05) is 12.8 Å². The van der Waals surface area contributed by atoms with E-state index in [4.69, 9.17) is 0 Å². The Labute approximate surface area is 165 Å². The Morgan fingerprint density at radius 3 is 2.37 bits per heavy atom. The third-order valence-corrected chi connectivity index (χ3v) is 6.78. The number of nitrogens with zero attached hydrogens (tertiary/aromatic N) is 3. The third kappa shape index (κ3) is 5.08. The van der Waals surface area contributed by atoms with Crippen molar-refractivity contribution >= 4 is 28.3 Å². The first-order valence-corrected chi connectivity index (χ1v) is 11.3. The highest BCUT2D eigenvalue weighted by molar-refractivity contribution is 7.13. The lowest BCUT2D eigenvalue weighted by Crippen LogP contribution is -2.42. The van der Waals surface area contributed by atoms with E-state index in [0.717, 1.165) is 51.0 Å². The first-order chi connectivity index (χ1) is 13.2. The second-order valence-electron chi connectivity index (χ2n) is 8.20. The number of aromatic nitrogens is 1. The van der Waals surface area contributed by atoms with Crippen LogP contribution in [0.15, 0.2) is 5.38 Å². The lowest BCUT2D eigenvalue weighted by atomic mass is 9.95. The first kappa shape index (κ1) is 18.9. The Morgan fingerprint density at radius 2 is 1.70 bits per heavy atom. The molecular formula is C20H30N4O2S. The number of piperidine rings is 1. The van der Waals surface area contributed by atoms with Crippen LogP contribution in [-0.2, 0) is 16.1 Å². The lowest BCUT2D eigenvalue weighted by molar-refractivity contribution is -0.135. The molecule has 0 bridgehead atoms. The lowest BCUT2D eigenvalue weighted by Gasteiger charge is -2.31. The Balaban J connectivity index is 1.24. The Morgan fingerprint density at radius 1 is 1.00 bits per heavy atom. The van der Waals surface area contributed by atoms with E-state index in [9.17, 15) is 9.59 Å². The number of carbonyl (C=O) groups excluding carboxylic acids is 2. The molecule has 2 aliphatic heterocycles. The number of thiazole rings is 1. The molecule has 2 saturated heterocycles. The van der Waals surface area contributed by atoms with Crippen LogP contribution >= 0.6 is 11.3 Å². The topological polar surface area (TPSA) is 65.5 Å². The number of likely N-dealkylation sites (tertiary alicyclic amines) is 2. The Bertz CT molecular complexity index is 657. The van der Waals surface area contributed by atoms with Crippen molar-refractivity contribution in [3.63, 3.8) is 0 Å². The van der Waals surface area contributed by atoms with Crippen LogP contribution in [0.2, 0.25) is 0 Å². The maximum atomic E-state index is 12.6. The molecule has 0 aromatic carbocycles. The van der Waals surface area contributed by atoms with Crippen molar-refractivity contribution in [3.05, 3.63) is 11.1 Å². The van der Waals surface area contributed by atoms with Crippen LogP contribution in [0.25, 0.3) is 0 Å². The minimum atomic E-state index is -0.00814. The zero-order valence-corrected chi connectivity index (χ0v) is 16.8. The Hall–Kier alpha value is -1.47. The molecule has 6 nitrogen and oxygen atoms in total. The number of rotatable bonds is 5. The van der Waals surface area contributed by atoms with Gasteiger partial charge in [0.05, 0.1) is 5.69 Å². The molecule has 1 aliphatic carbocycles. The van der Waals surface area contributed by atoms with Gasteiger partial charge in [-0.05, 0) is 51.6 Å². The Kier molecular flexibility index (Phi) is 6.08. The third-order valence-electron chi connectivity index (χ3n) is 5.97. The summed E-state index contributed by atoms with van der Waals surface area (Å²) in [5.41, 5.74) is 1.06. The van der Waals surface area contributed by atoms with E-state index in [0.29, 0.717) is 24.1 Å².